The Morgan fingerprint density at radius 2 is 2.00 bits per heavy atom. The molecule has 0 aromatic rings. The summed E-state index contributed by atoms with van der Waals surface area (Å²) < 4.78 is 14.9. The summed E-state index contributed by atoms with van der Waals surface area (Å²) in [6.07, 6.45) is 1.56. The van der Waals surface area contributed by atoms with Crippen LogP contribution < -0.4 is 0 Å². The lowest BCUT2D eigenvalue weighted by Gasteiger charge is -2.13. The Labute approximate surface area is 111 Å². The average molecular weight is 274 g/mol. The monoisotopic (exact) mass is 274 g/mol. The molecule has 2 N–H and O–H groups in total. The Morgan fingerprint density at radius 1 is 1.42 bits per heavy atom. The van der Waals surface area contributed by atoms with Gasteiger partial charge in [0.05, 0.1) is 19.8 Å². The van der Waals surface area contributed by atoms with E-state index in [9.17, 15) is 9.59 Å². The van der Waals surface area contributed by atoms with Crippen molar-refractivity contribution in [1.82, 2.24) is 0 Å². The van der Waals surface area contributed by atoms with Gasteiger partial charge in [0.25, 0.3) is 0 Å². The van der Waals surface area contributed by atoms with Crippen molar-refractivity contribution in [3.63, 3.8) is 0 Å². The molecular weight excluding hydrogens is 256 g/mol. The summed E-state index contributed by atoms with van der Waals surface area (Å²) in [6, 6.07) is 0. The number of hydrogen-bond acceptors (Lipinski definition) is 6. The van der Waals surface area contributed by atoms with E-state index in [2.05, 4.69) is 13.2 Å². The van der Waals surface area contributed by atoms with Gasteiger partial charge in [0.1, 0.15) is 18.8 Å². The summed E-state index contributed by atoms with van der Waals surface area (Å²) in [5, 5.41) is 16.5. The van der Waals surface area contributed by atoms with Crippen LogP contribution in [0.15, 0.2) is 25.3 Å². The molecule has 1 heterocycles. The van der Waals surface area contributed by atoms with Gasteiger partial charge in [-0.1, -0.05) is 13.2 Å². The molecular formula is C12H18O7. The van der Waals surface area contributed by atoms with Crippen LogP contribution in [-0.2, 0) is 23.8 Å². The molecule has 7 nitrogen and oxygen atoms in total. The lowest BCUT2D eigenvalue weighted by Crippen LogP contribution is -2.26. The molecule has 0 bridgehead atoms. The van der Waals surface area contributed by atoms with Crippen LogP contribution in [-0.4, -0.2) is 60.8 Å². The number of carbonyl (C=O) groups excluding carboxylic acids is 1. The van der Waals surface area contributed by atoms with Gasteiger partial charge < -0.3 is 24.4 Å². The highest BCUT2D eigenvalue weighted by atomic mass is 16.6. The molecule has 1 fully saturated rings. The Hall–Kier alpha value is -1.70. The van der Waals surface area contributed by atoms with Crippen LogP contribution >= 0.6 is 0 Å². The van der Waals surface area contributed by atoms with Gasteiger partial charge in [0.2, 0.25) is 0 Å². The minimum atomic E-state index is -0.981. The molecule has 1 aliphatic heterocycles. The smallest absolute Gasteiger partial charge is 0.330 e. The standard InChI is InChI=1S/C9H14O5.C3H4O2/c1-2-9(11)14-4-7(3-10)12-5-8-6-13-8;1-2-3(4)5/h2,7-8,10H,1,3-6H2;2H,1H2,(H,4,5). The second-order valence-corrected chi connectivity index (χ2v) is 3.47. The number of esters is 1. The van der Waals surface area contributed by atoms with Crippen molar-refractivity contribution in [2.45, 2.75) is 12.2 Å². The number of carbonyl (C=O) groups is 2. The first-order chi connectivity index (χ1) is 9.03. The van der Waals surface area contributed by atoms with E-state index < -0.39 is 18.0 Å². The summed E-state index contributed by atoms with van der Waals surface area (Å²) in [7, 11) is 0. The van der Waals surface area contributed by atoms with E-state index in [0.717, 1.165) is 12.2 Å². The lowest BCUT2D eigenvalue weighted by atomic mass is 10.4. The summed E-state index contributed by atoms with van der Waals surface area (Å²) in [6.45, 7) is 7.19. The molecule has 1 rings (SSSR count). The van der Waals surface area contributed by atoms with Crippen molar-refractivity contribution >= 4 is 11.9 Å². The first kappa shape index (κ1) is 17.3. The maximum absolute atomic E-state index is 10.7. The highest BCUT2D eigenvalue weighted by molar-refractivity contribution is 5.81. The van der Waals surface area contributed by atoms with E-state index in [1.807, 2.05) is 0 Å². The summed E-state index contributed by atoms with van der Waals surface area (Å²) in [4.78, 5) is 19.9. The molecule has 0 amide bonds. The Kier molecular flexibility index (Phi) is 9.33. The van der Waals surface area contributed by atoms with Crippen molar-refractivity contribution in [3.05, 3.63) is 25.3 Å². The molecule has 2 unspecified atom stereocenters. The lowest BCUT2D eigenvalue weighted by molar-refractivity contribution is -0.143. The molecule has 19 heavy (non-hydrogen) atoms. The topological polar surface area (TPSA) is 106 Å². The maximum Gasteiger partial charge on any atom is 0.330 e. The molecule has 0 aliphatic carbocycles. The van der Waals surface area contributed by atoms with Crippen LogP contribution in [0.1, 0.15) is 0 Å². The van der Waals surface area contributed by atoms with Gasteiger partial charge in [-0.25, -0.2) is 9.59 Å². The molecule has 2 atom stereocenters. The molecule has 1 aliphatic rings. The predicted octanol–water partition coefficient (Wildman–Crippen LogP) is -0.251. The number of ether oxygens (including phenoxy) is 3. The second-order valence-electron chi connectivity index (χ2n) is 3.47. The van der Waals surface area contributed by atoms with Crippen molar-refractivity contribution < 1.29 is 34.0 Å². The Balaban J connectivity index is 0.000000555. The minimum absolute atomic E-state index is 0.0358. The first-order valence-electron chi connectivity index (χ1n) is 5.52. The quantitative estimate of drug-likeness (QED) is 0.357. The molecule has 0 aromatic carbocycles. The molecule has 1 saturated heterocycles. The fourth-order valence-electron chi connectivity index (χ4n) is 0.795. The second kappa shape index (κ2) is 10.2. The fraction of sp³-hybridized carbons (Fsp3) is 0.500. The number of rotatable bonds is 8. The summed E-state index contributed by atoms with van der Waals surface area (Å²) in [5.41, 5.74) is 0. The van der Waals surface area contributed by atoms with Crippen molar-refractivity contribution in [3.8, 4) is 0 Å². The van der Waals surface area contributed by atoms with Crippen LogP contribution in [0.25, 0.3) is 0 Å². The highest BCUT2D eigenvalue weighted by Gasteiger charge is 2.24. The molecule has 0 spiro atoms. The third-order valence-electron chi connectivity index (χ3n) is 1.88. The van der Waals surface area contributed by atoms with E-state index in [-0.39, 0.29) is 19.3 Å². The van der Waals surface area contributed by atoms with Gasteiger partial charge in [0, 0.05) is 12.2 Å². The van der Waals surface area contributed by atoms with E-state index in [1.54, 1.807) is 0 Å². The Morgan fingerprint density at radius 3 is 2.37 bits per heavy atom. The molecule has 0 aromatic heterocycles. The SMILES string of the molecule is C=CC(=O)O.C=CC(=O)OCC(CO)OCC1CO1. The third-order valence-corrected chi connectivity index (χ3v) is 1.88. The minimum Gasteiger partial charge on any atom is -0.478 e. The summed E-state index contributed by atoms with van der Waals surface area (Å²) in [5.74, 6) is -1.50. The van der Waals surface area contributed by atoms with Crippen LogP contribution in [0, 0.1) is 0 Å². The zero-order chi connectivity index (χ0) is 14.7. The van der Waals surface area contributed by atoms with E-state index in [4.69, 9.17) is 24.4 Å². The van der Waals surface area contributed by atoms with E-state index in [1.165, 1.54) is 0 Å². The largest absolute Gasteiger partial charge is 0.478 e. The number of aliphatic hydroxyl groups is 1. The van der Waals surface area contributed by atoms with Gasteiger partial charge >= 0.3 is 11.9 Å². The normalized spacial score (nSPS) is 17.4. The average Bonchev–Trinajstić information content (AvgIpc) is 3.23. The third kappa shape index (κ3) is 11.1. The van der Waals surface area contributed by atoms with Gasteiger partial charge in [-0.2, -0.15) is 0 Å². The number of aliphatic carboxylic acids is 1. The van der Waals surface area contributed by atoms with Gasteiger partial charge in [0.15, 0.2) is 0 Å². The molecule has 108 valence electrons. The van der Waals surface area contributed by atoms with Gasteiger partial charge in [-0.05, 0) is 0 Å². The summed E-state index contributed by atoms with van der Waals surface area (Å²) >= 11 is 0. The number of epoxide rings is 1. The van der Waals surface area contributed by atoms with Crippen molar-refractivity contribution in [1.29, 1.82) is 0 Å². The zero-order valence-electron chi connectivity index (χ0n) is 10.5. The number of carboxylic acid groups (broad SMARTS) is 1. The number of carboxylic acids is 1. The Bertz CT molecular complexity index is 309. The van der Waals surface area contributed by atoms with Crippen molar-refractivity contribution in [2.24, 2.45) is 0 Å². The maximum atomic E-state index is 10.7. The zero-order valence-corrected chi connectivity index (χ0v) is 10.5. The number of hydrogen-bond donors (Lipinski definition) is 2. The van der Waals surface area contributed by atoms with E-state index in [0.29, 0.717) is 13.2 Å². The number of aliphatic hydroxyl groups excluding tert-OH is 1. The van der Waals surface area contributed by atoms with Gasteiger partial charge in [-0.15, -0.1) is 0 Å². The molecule has 7 heteroatoms. The first-order valence-corrected chi connectivity index (χ1v) is 5.52. The van der Waals surface area contributed by atoms with Crippen LogP contribution in [0.2, 0.25) is 0 Å². The van der Waals surface area contributed by atoms with Crippen molar-refractivity contribution in [2.75, 3.05) is 26.4 Å². The van der Waals surface area contributed by atoms with Crippen LogP contribution in [0.4, 0.5) is 0 Å². The predicted molar refractivity (Wildman–Crippen MR) is 65.6 cm³/mol. The van der Waals surface area contributed by atoms with Crippen LogP contribution in [0.3, 0.4) is 0 Å². The fourth-order valence-corrected chi connectivity index (χ4v) is 0.795. The molecule has 0 radical (unpaired) electrons. The van der Waals surface area contributed by atoms with Gasteiger partial charge in [-0.3, -0.25) is 0 Å². The highest BCUT2D eigenvalue weighted by Crippen LogP contribution is 2.09. The van der Waals surface area contributed by atoms with Crippen LogP contribution in [0.5, 0.6) is 0 Å². The van der Waals surface area contributed by atoms with E-state index >= 15 is 0 Å². The molecule has 0 saturated carbocycles.